The number of rotatable bonds is 2. The van der Waals surface area contributed by atoms with Crippen LogP contribution in [0, 0.1) is 0 Å². The van der Waals surface area contributed by atoms with Crippen LogP contribution in [0.5, 0.6) is 0 Å². The molecule has 1 aliphatic heterocycles. The molecule has 1 aliphatic rings. The summed E-state index contributed by atoms with van der Waals surface area (Å²) in [6.07, 6.45) is 1.25. The van der Waals surface area contributed by atoms with Gasteiger partial charge in [-0.3, -0.25) is 9.59 Å². The quantitative estimate of drug-likeness (QED) is 0.908. The van der Waals surface area contributed by atoms with Gasteiger partial charge in [0.1, 0.15) is 5.69 Å². The molecule has 0 aliphatic carbocycles. The van der Waals surface area contributed by atoms with E-state index in [4.69, 9.17) is 11.6 Å². The molecule has 3 rings (SSSR count). The molecule has 1 N–H and O–H groups in total. The normalized spacial score (nSPS) is 15.0. The zero-order valence-electron chi connectivity index (χ0n) is 11.8. The highest BCUT2D eigenvalue weighted by atomic mass is 35.5. The number of nitrogens with one attached hydrogen (secondary N) is 1. The molecular formula is C15H15ClN4O2. The second-order valence-electron chi connectivity index (χ2n) is 5.06. The third-order valence-electron chi connectivity index (χ3n) is 3.64. The molecule has 2 heterocycles. The Kier molecular flexibility index (Phi) is 4.11. The van der Waals surface area contributed by atoms with E-state index in [-0.39, 0.29) is 17.2 Å². The Morgan fingerprint density at radius 1 is 1.18 bits per heavy atom. The molecule has 0 radical (unpaired) electrons. The summed E-state index contributed by atoms with van der Waals surface area (Å²) in [6, 6.07) is 8.89. The van der Waals surface area contributed by atoms with Crippen molar-refractivity contribution in [2.75, 3.05) is 31.1 Å². The summed E-state index contributed by atoms with van der Waals surface area (Å²) in [4.78, 5) is 33.8. The molecule has 0 unspecified atom stereocenters. The maximum Gasteiger partial charge on any atom is 0.272 e. The molecular weight excluding hydrogens is 304 g/mol. The first-order valence-electron chi connectivity index (χ1n) is 6.98. The Labute approximate surface area is 132 Å². The predicted molar refractivity (Wildman–Crippen MR) is 84.4 cm³/mol. The summed E-state index contributed by atoms with van der Waals surface area (Å²) in [6.45, 7) is 2.60. The molecule has 114 valence electrons. The summed E-state index contributed by atoms with van der Waals surface area (Å²) in [5, 5.41) is 0.698. The number of carbonyl (C=O) groups is 1. The van der Waals surface area contributed by atoms with E-state index in [1.807, 2.05) is 24.3 Å². The molecule has 0 spiro atoms. The van der Waals surface area contributed by atoms with Crippen LogP contribution < -0.4 is 10.5 Å². The summed E-state index contributed by atoms with van der Waals surface area (Å²) in [7, 11) is 0. The van der Waals surface area contributed by atoms with E-state index in [1.54, 1.807) is 4.90 Å². The lowest BCUT2D eigenvalue weighted by Crippen LogP contribution is -2.49. The fraction of sp³-hybridized carbons (Fsp3) is 0.267. The second kappa shape index (κ2) is 6.19. The van der Waals surface area contributed by atoms with Crippen molar-refractivity contribution in [3.8, 4) is 0 Å². The van der Waals surface area contributed by atoms with Crippen LogP contribution in [-0.4, -0.2) is 47.0 Å². The maximum atomic E-state index is 12.3. The lowest BCUT2D eigenvalue weighted by Gasteiger charge is -2.36. The Morgan fingerprint density at radius 3 is 2.64 bits per heavy atom. The van der Waals surface area contributed by atoms with E-state index in [0.717, 1.165) is 18.8 Å². The number of H-pyrrole nitrogens is 1. The fourth-order valence-electron chi connectivity index (χ4n) is 2.49. The van der Waals surface area contributed by atoms with E-state index < -0.39 is 0 Å². The molecule has 1 fully saturated rings. The van der Waals surface area contributed by atoms with Crippen LogP contribution in [0.4, 0.5) is 5.69 Å². The first kappa shape index (κ1) is 14.6. The number of carbonyl (C=O) groups excluding carboxylic acids is 1. The molecule has 1 saturated heterocycles. The van der Waals surface area contributed by atoms with Gasteiger partial charge in [-0.25, -0.2) is 4.98 Å². The van der Waals surface area contributed by atoms with Crippen LogP contribution in [0.2, 0.25) is 5.02 Å². The number of benzene rings is 1. The molecule has 0 saturated carbocycles. The van der Waals surface area contributed by atoms with Gasteiger partial charge in [-0.1, -0.05) is 17.7 Å². The number of piperazine rings is 1. The standard InChI is InChI=1S/C15H15ClN4O2/c16-11-2-1-3-12(8-11)19-4-6-20(7-5-19)15(22)13-9-14(21)18-10-17-13/h1-3,8-10H,4-7H2,(H,17,18,21). The number of aromatic nitrogens is 2. The van der Waals surface area contributed by atoms with Crippen molar-refractivity contribution in [1.29, 1.82) is 0 Å². The van der Waals surface area contributed by atoms with Gasteiger partial charge in [0, 0.05) is 43.0 Å². The molecule has 1 aromatic carbocycles. The van der Waals surface area contributed by atoms with Gasteiger partial charge >= 0.3 is 0 Å². The highest BCUT2D eigenvalue weighted by molar-refractivity contribution is 6.30. The molecule has 6 nitrogen and oxygen atoms in total. The minimum Gasteiger partial charge on any atom is -0.368 e. The molecule has 0 bridgehead atoms. The fourth-order valence-corrected chi connectivity index (χ4v) is 2.67. The van der Waals surface area contributed by atoms with Crippen molar-refractivity contribution in [2.24, 2.45) is 0 Å². The van der Waals surface area contributed by atoms with Crippen molar-refractivity contribution >= 4 is 23.2 Å². The predicted octanol–water partition coefficient (Wildman–Crippen LogP) is 1.39. The van der Waals surface area contributed by atoms with Crippen LogP contribution in [0.15, 0.2) is 41.5 Å². The molecule has 7 heteroatoms. The van der Waals surface area contributed by atoms with Gasteiger partial charge < -0.3 is 14.8 Å². The summed E-state index contributed by atoms with van der Waals surface area (Å²) >= 11 is 6.01. The molecule has 2 aromatic rings. The summed E-state index contributed by atoms with van der Waals surface area (Å²) in [5.74, 6) is -0.211. The maximum absolute atomic E-state index is 12.3. The van der Waals surface area contributed by atoms with Gasteiger partial charge in [-0.15, -0.1) is 0 Å². The molecule has 1 amide bonds. The molecule has 0 atom stereocenters. The summed E-state index contributed by atoms with van der Waals surface area (Å²) < 4.78 is 0. The number of hydrogen-bond acceptors (Lipinski definition) is 4. The van der Waals surface area contributed by atoms with E-state index in [9.17, 15) is 9.59 Å². The van der Waals surface area contributed by atoms with Gasteiger partial charge in [-0.2, -0.15) is 0 Å². The number of aromatic amines is 1. The van der Waals surface area contributed by atoms with E-state index in [2.05, 4.69) is 14.9 Å². The number of anilines is 1. The monoisotopic (exact) mass is 318 g/mol. The van der Waals surface area contributed by atoms with Crippen LogP contribution in [-0.2, 0) is 0 Å². The minimum absolute atomic E-state index is 0.181. The van der Waals surface area contributed by atoms with Crippen molar-refractivity contribution in [1.82, 2.24) is 14.9 Å². The molecule has 1 aromatic heterocycles. The number of hydrogen-bond donors (Lipinski definition) is 1. The number of nitrogens with zero attached hydrogens (tertiary/aromatic N) is 3. The first-order valence-corrected chi connectivity index (χ1v) is 7.36. The zero-order valence-corrected chi connectivity index (χ0v) is 12.6. The van der Waals surface area contributed by atoms with Crippen molar-refractivity contribution < 1.29 is 4.79 Å². The van der Waals surface area contributed by atoms with E-state index in [1.165, 1.54) is 12.4 Å². The largest absolute Gasteiger partial charge is 0.368 e. The second-order valence-corrected chi connectivity index (χ2v) is 5.49. The Morgan fingerprint density at radius 2 is 1.95 bits per heavy atom. The Hall–Kier alpha value is -2.34. The third-order valence-corrected chi connectivity index (χ3v) is 3.87. The van der Waals surface area contributed by atoms with Crippen LogP contribution >= 0.6 is 11.6 Å². The number of halogens is 1. The highest BCUT2D eigenvalue weighted by Gasteiger charge is 2.23. The van der Waals surface area contributed by atoms with Crippen molar-refractivity contribution in [3.05, 3.63) is 57.7 Å². The van der Waals surface area contributed by atoms with Crippen molar-refractivity contribution in [2.45, 2.75) is 0 Å². The van der Waals surface area contributed by atoms with Gasteiger partial charge in [0.25, 0.3) is 11.5 Å². The Balaban J connectivity index is 1.67. The van der Waals surface area contributed by atoms with Gasteiger partial charge in [0.15, 0.2) is 0 Å². The van der Waals surface area contributed by atoms with Gasteiger partial charge in [0.05, 0.1) is 6.33 Å². The van der Waals surface area contributed by atoms with Crippen LogP contribution in [0.25, 0.3) is 0 Å². The third kappa shape index (κ3) is 3.12. The molecule has 22 heavy (non-hydrogen) atoms. The SMILES string of the molecule is O=C(c1cc(=O)[nH]cn1)N1CCN(c2cccc(Cl)c2)CC1. The van der Waals surface area contributed by atoms with Crippen LogP contribution in [0.1, 0.15) is 10.5 Å². The van der Waals surface area contributed by atoms with E-state index >= 15 is 0 Å². The smallest absolute Gasteiger partial charge is 0.272 e. The van der Waals surface area contributed by atoms with Gasteiger partial charge in [0.2, 0.25) is 0 Å². The van der Waals surface area contributed by atoms with Gasteiger partial charge in [-0.05, 0) is 18.2 Å². The van der Waals surface area contributed by atoms with E-state index in [0.29, 0.717) is 18.1 Å². The van der Waals surface area contributed by atoms with Crippen LogP contribution in [0.3, 0.4) is 0 Å². The highest BCUT2D eigenvalue weighted by Crippen LogP contribution is 2.21. The Bertz CT molecular complexity index is 738. The average molecular weight is 319 g/mol. The summed E-state index contributed by atoms with van der Waals surface area (Å²) in [5.41, 5.74) is 0.907. The average Bonchev–Trinajstić information content (AvgIpc) is 2.54. The first-order chi connectivity index (χ1) is 10.6. The van der Waals surface area contributed by atoms with Crippen molar-refractivity contribution in [3.63, 3.8) is 0 Å². The lowest BCUT2D eigenvalue weighted by atomic mass is 10.2. The number of amides is 1. The zero-order chi connectivity index (χ0) is 15.5. The minimum atomic E-state index is -0.323. The topological polar surface area (TPSA) is 69.3 Å². The lowest BCUT2D eigenvalue weighted by molar-refractivity contribution is 0.0740.